The minimum absolute atomic E-state index is 0.0203. The van der Waals surface area contributed by atoms with E-state index >= 15 is 0 Å². The molecule has 0 bridgehead atoms. The lowest BCUT2D eigenvalue weighted by molar-refractivity contribution is -0.138. The van der Waals surface area contributed by atoms with Crippen LogP contribution in [-0.2, 0) is 20.9 Å². The fourth-order valence-electron chi connectivity index (χ4n) is 3.74. The molecule has 4 heteroatoms. The molecule has 0 spiro atoms. The number of hydrogen-bond donors (Lipinski definition) is 0. The Kier molecular flexibility index (Phi) is 5.98. The van der Waals surface area contributed by atoms with Crippen LogP contribution in [0, 0.1) is 0 Å². The Morgan fingerprint density at radius 1 is 1.11 bits per heavy atom. The number of methoxy groups -OCH3 is 1. The Labute approximate surface area is 166 Å². The summed E-state index contributed by atoms with van der Waals surface area (Å²) in [5.74, 6) is -0.207. The van der Waals surface area contributed by atoms with Gasteiger partial charge in [-0.05, 0) is 29.5 Å². The zero-order valence-electron chi connectivity index (χ0n) is 16.9. The van der Waals surface area contributed by atoms with Gasteiger partial charge >= 0.3 is 5.97 Å². The molecular weight excluding hydrogens is 350 g/mol. The minimum Gasteiger partial charge on any atom is -0.466 e. The summed E-state index contributed by atoms with van der Waals surface area (Å²) < 4.78 is 5.07. The minimum atomic E-state index is -0.374. The summed E-state index contributed by atoms with van der Waals surface area (Å²) in [4.78, 5) is 27.3. The molecule has 0 saturated heterocycles. The lowest BCUT2D eigenvalue weighted by atomic mass is 9.83. The van der Waals surface area contributed by atoms with Crippen LogP contribution in [0.3, 0.4) is 0 Å². The molecule has 0 saturated carbocycles. The monoisotopic (exact) mass is 377 g/mol. The van der Waals surface area contributed by atoms with Crippen LogP contribution in [0.1, 0.15) is 55.7 Å². The number of carbonyl (C=O) groups is 2. The second-order valence-electron chi connectivity index (χ2n) is 7.53. The summed E-state index contributed by atoms with van der Waals surface area (Å²) in [5.41, 5.74) is 4.47. The summed E-state index contributed by atoms with van der Waals surface area (Å²) in [7, 11) is 1.39. The van der Waals surface area contributed by atoms with Gasteiger partial charge in [-0.1, -0.05) is 68.4 Å². The third-order valence-electron chi connectivity index (χ3n) is 5.42. The van der Waals surface area contributed by atoms with Gasteiger partial charge in [-0.15, -0.1) is 0 Å². The zero-order chi connectivity index (χ0) is 20.3. The number of hydrogen-bond acceptors (Lipinski definition) is 3. The standard InChI is InChI=1S/C24H27NO3/c1-16(2)19-10-12-20(13-11-19)21-14-22(26)25(15-18-8-6-5-7-9-18)17(3)23(21)24(27)28-4/h5-13,16,21H,14-15H2,1-4H3. The average Bonchev–Trinajstić information content (AvgIpc) is 2.71. The van der Waals surface area contributed by atoms with E-state index in [1.807, 2.05) is 49.4 Å². The van der Waals surface area contributed by atoms with Gasteiger partial charge in [0, 0.05) is 18.0 Å². The van der Waals surface area contributed by atoms with Crippen molar-refractivity contribution in [2.45, 2.75) is 45.6 Å². The maximum atomic E-state index is 13.0. The fourth-order valence-corrected chi connectivity index (χ4v) is 3.74. The molecule has 0 fully saturated rings. The lowest BCUT2D eigenvalue weighted by Crippen LogP contribution is -2.37. The van der Waals surface area contributed by atoms with Crippen LogP contribution in [0.25, 0.3) is 0 Å². The number of carbonyl (C=O) groups excluding carboxylic acids is 2. The molecule has 2 aromatic rings. The second-order valence-corrected chi connectivity index (χ2v) is 7.53. The van der Waals surface area contributed by atoms with Gasteiger partial charge in [-0.25, -0.2) is 4.79 Å². The van der Waals surface area contributed by atoms with E-state index in [1.165, 1.54) is 12.7 Å². The first kappa shape index (κ1) is 19.9. The Hall–Kier alpha value is -2.88. The van der Waals surface area contributed by atoms with E-state index in [1.54, 1.807) is 4.90 Å². The van der Waals surface area contributed by atoms with E-state index in [-0.39, 0.29) is 24.2 Å². The third kappa shape index (κ3) is 4.01. The van der Waals surface area contributed by atoms with Gasteiger partial charge in [0.05, 0.1) is 19.2 Å². The van der Waals surface area contributed by atoms with Crippen molar-refractivity contribution in [3.8, 4) is 0 Å². The average molecular weight is 377 g/mol. The quantitative estimate of drug-likeness (QED) is 0.705. The largest absolute Gasteiger partial charge is 0.466 e. The van der Waals surface area contributed by atoms with Crippen molar-refractivity contribution in [2.75, 3.05) is 7.11 Å². The molecule has 1 unspecified atom stereocenters. The molecule has 1 atom stereocenters. The van der Waals surface area contributed by atoms with Gasteiger partial charge in [0.1, 0.15) is 0 Å². The Morgan fingerprint density at radius 3 is 2.32 bits per heavy atom. The maximum Gasteiger partial charge on any atom is 0.336 e. The number of esters is 1. The topological polar surface area (TPSA) is 46.6 Å². The molecule has 1 aliphatic heterocycles. The van der Waals surface area contributed by atoms with E-state index in [9.17, 15) is 9.59 Å². The zero-order valence-corrected chi connectivity index (χ0v) is 16.9. The normalized spacial score (nSPS) is 17.2. The Morgan fingerprint density at radius 2 is 1.75 bits per heavy atom. The van der Waals surface area contributed by atoms with Crippen molar-refractivity contribution in [3.63, 3.8) is 0 Å². The van der Waals surface area contributed by atoms with Crippen molar-refractivity contribution in [1.82, 2.24) is 4.90 Å². The van der Waals surface area contributed by atoms with Gasteiger partial charge in [-0.2, -0.15) is 0 Å². The number of nitrogens with zero attached hydrogens (tertiary/aromatic N) is 1. The van der Waals surface area contributed by atoms with Gasteiger partial charge in [0.15, 0.2) is 0 Å². The molecule has 1 amide bonds. The summed E-state index contributed by atoms with van der Waals surface area (Å²) in [5, 5.41) is 0. The van der Waals surface area contributed by atoms with E-state index in [0.29, 0.717) is 23.7 Å². The Bertz CT molecular complexity index is 882. The van der Waals surface area contributed by atoms with E-state index in [0.717, 1.165) is 11.1 Å². The molecule has 0 aromatic heterocycles. The van der Waals surface area contributed by atoms with Crippen LogP contribution in [-0.4, -0.2) is 23.9 Å². The van der Waals surface area contributed by atoms with Crippen LogP contribution >= 0.6 is 0 Å². The van der Waals surface area contributed by atoms with Crippen molar-refractivity contribution in [1.29, 1.82) is 0 Å². The van der Waals surface area contributed by atoms with Crippen molar-refractivity contribution < 1.29 is 14.3 Å². The Balaban J connectivity index is 1.99. The molecule has 0 radical (unpaired) electrons. The van der Waals surface area contributed by atoms with E-state index in [4.69, 9.17) is 4.74 Å². The second kappa shape index (κ2) is 8.42. The fraction of sp³-hybridized carbons (Fsp3) is 0.333. The summed E-state index contributed by atoms with van der Waals surface area (Å²) in [6.45, 7) is 6.57. The first-order chi connectivity index (χ1) is 13.4. The van der Waals surface area contributed by atoms with Gasteiger partial charge in [0.25, 0.3) is 0 Å². The molecule has 4 nitrogen and oxygen atoms in total. The first-order valence-corrected chi connectivity index (χ1v) is 9.65. The highest BCUT2D eigenvalue weighted by molar-refractivity contribution is 5.95. The predicted octanol–water partition coefficient (Wildman–Crippen LogP) is 4.77. The molecular formula is C24H27NO3. The number of rotatable bonds is 5. The van der Waals surface area contributed by atoms with Crippen molar-refractivity contribution >= 4 is 11.9 Å². The molecule has 2 aromatic carbocycles. The molecule has 28 heavy (non-hydrogen) atoms. The summed E-state index contributed by atoms with van der Waals surface area (Å²) in [6.07, 6.45) is 0.260. The SMILES string of the molecule is COC(=O)C1=C(C)N(Cc2ccccc2)C(=O)CC1c1ccc(C(C)C)cc1. The van der Waals surface area contributed by atoms with Gasteiger partial charge in [-0.3, -0.25) is 4.79 Å². The summed E-state index contributed by atoms with van der Waals surface area (Å²) in [6, 6.07) is 18.0. The van der Waals surface area contributed by atoms with E-state index < -0.39 is 0 Å². The van der Waals surface area contributed by atoms with E-state index in [2.05, 4.69) is 26.0 Å². The van der Waals surface area contributed by atoms with Crippen LogP contribution in [0.15, 0.2) is 65.9 Å². The molecule has 1 heterocycles. The van der Waals surface area contributed by atoms with Crippen molar-refractivity contribution in [3.05, 3.63) is 82.6 Å². The lowest BCUT2D eigenvalue weighted by Gasteiger charge is -2.34. The van der Waals surface area contributed by atoms with Crippen LogP contribution in [0.5, 0.6) is 0 Å². The first-order valence-electron chi connectivity index (χ1n) is 9.65. The number of amides is 1. The molecule has 146 valence electrons. The van der Waals surface area contributed by atoms with Crippen LogP contribution in [0.4, 0.5) is 0 Å². The number of benzene rings is 2. The number of allylic oxidation sites excluding steroid dienone is 1. The molecule has 3 rings (SSSR count). The summed E-state index contributed by atoms with van der Waals surface area (Å²) >= 11 is 0. The molecule has 0 aliphatic carbocycles. The third-order valence-corrected chi connectivity index (χ3v) is 5.42. The van der Waals surface area contributed by atoms with Gasteiger partial charge < -0.3 is 9.64 Å². The maximum absolute atomic E-state index is 13.0. The highest BCUT2D eigenvalue weighted by Crippen LogP contribution is 2.38. The smallest absolute Gasteiger partial charge is 0.336 e. The predicted molar refractivity (Wildman–Crippen MR) is 110 cm³/mol. The highest BCUT2D eigenvalue weighted by Gasteiger charge is 2.36. The van der Waals surface area contributed by atoms with Crippen molar-refractivity contribution in [2.24, 2.45) is 0 Å². The molecule has 1 aliphatic rings. The van der Waals surface area contributed by atoms with Crippen LogP contribution < -0.4 is 0 Å². The van der Waals surface area contributed by atoms with Gasteiger partial charge in [0.2, 0.25) is 5.91 Å². The molecule has 0 N–H and O–H groups in total. The number of ether oxygens (including phenoxy) is 1. The highest BCUT2D eigenvalue weighted by atomic mass is 16.5. The van der Waals surface area contributed by atoms with Crippen LogP contribution in [0.2, 0.25) is 0 Å².